The fraction of sp³-hybridized carbons (Fsp3) is 0.346. The first kappa shape index (κ1) is 23.7. The summed E-state index contributed by atoms with van der Waals surface area (Å²) in [6, 6.07) is 14.5. The number of ketones is 1. The third-order valence-corrected chi connectivity index (χ3v) is 6.48. The van der Waals surface area contributed by atoms with Gasteiger partial charge < -0.3 is 19.9 Å². The Morgan fingerprint density at radius 1 is 1.03 bits per heavy atom. The van der Waals surface area contributed by atoms with Gasteiger partial charge >= 0.3 is 0 Å². The number of aromatic amines is 1. The van der Waals surface area contributed by atoms with E-state index in [1.165, 1.54) is 25.2 Å². The quantitative estimate of drug-likeness (QED) is 0.449. The molecule has 3 unspecified atom stereocenters. The van der Waals surface area contributed by atoms with Crippen molar-refractivity contribution in [2.45, 2.75) is 32.2 Å². The number of nitrogens with one attached hydrogen (secondary N) is 1. The molecule has 1 saturated heterocycles. The number of hydrogen-bond acceptors (Lipinski definition) is 5. The number of likely N-dealkylation sites (N-methyl/N-ethyl adjacent to an activating group) is 1. The summed E-state index contributed by atoms with van der Waals surface area (Å²) in [5, 5.41) is 11.4. The molecule has 34 heavy (non-hydrogen) atoms. The molecule has 3 aromatic rings. The number of benzene rings is 2. The molecular formula is C26H30N4O4. The second-order valence-corrected chi connectivity index (χ2v) is 9.13. The van der Waals surface area contributed by atoms with Crippen molar-refractivity contribution in [1.82, 2.24) is 19.7 Å². The molecular weight excluding hydrogens is 432 g/mol. The number of carbonyl (C=O) groups is 3. The Balaban J connectivity index is 1.56. The molecule has 3 atom stereocenters. The van der Waals surface area contributed by atoms with E-state index in [0.29, 0.717) is 29.6 Å². The normalized spacial score (nSPS) is 19.7. The third-order valence-electron chi connectivity index (χ3n) is 6.48. The van der Waals surface area contributed by atoms with E-state index in [1.54, 1.807) is 23.1 Å². The third kappa shape index (κ3) is 4.34. The van der Waals surface area contributed by atoms with Gasteiger partial charge in [-0.1, -0.05) is 30.3 Å². The summed E-state index contributed by atoms with van der Waals surface area (Å²) in [6.45, 7) is 4.95. The van der Waals surface area contributed by atoms with Gasteiger partial charge in [0.15, 0.2) is 0 Å². The molecule has 1 aromatic heterocycles. The van der Waals surface area contributed by atoms with E-state index in [4.69, 9.17) is 0 Å². The molecule has 1 aliphatic rings. The highest BCUT2D eigenvalue weighted by atomic mass is 16.3. The number of piperazine rings is 1. The molecule has 1 fully saturated rings. The number of aliphatic hydroxyl groups excluding tert-OH is 1. The predicted molar refractivity (Wildman–Crippen MR) is 129 cm³/mol. The SMILES string of the molecule is CC1CN(C(O)c2ccccc2)C(C)CN1C(=O)c1ccc2[nH]cc(C(=O)C(=O)N(C)C)c2c1. The lowest BCUT2D eigenvalue weighted by Crippen LogP contribution is -2.58. The van der Waals surface area contributed by atoms with E-state index in [-0.39, 0.29) is 23.6 Å². The van der Waals surface area contributed by atoms with E-state index < -0.39 is 17.9 Å². The van der Waals surface area contributed by atoms with Crippen molar-refractivity contribution in [3.63, 3.8) is 0 Å². The Labute approximate surface area is 198 Å². The number of carbonyl (C=O) groups excluding carboxylic acids is 3. The maximum atomic E-state index is 13.5. The van der Waals surface area contributed by atoms with Crippen LogP contribution in [0.25, 0.3) is 10.9 Å². The Hall–Kier alpha value is -3.49. The van der Waals surface area contributed by atoms with Gasteiger partial charge in [0.05, 0.1) is 5.56 Å². The summed E-state index contributed by atoms with van der Waals surface area (Å²) in [7, 11) is 3.06. The molecule has 0 spiro atoms. The average molecular weight is 463 g/mol. The summed E-state index contributed by atoms with van der Waals surface area (Å²) in [5.74, 6) is -1.38. The molecule has 4 rings (SSSR count). The van der Waals surface area contributed by atoms with E-state index in [2.05, 4.69) is 4.98 Å². The topological polar surface area (TPSA) is 97.0 Å². The second kappa shape index (κ2) is 9.40. The number of aromatic nitrogens is 1. The second-order valence-electron chi connectivity index (χ2n) is 9.13. The number of hydrogen-bond donors (Lipinski definition) is 2. The van der Waals surface area contributed by atoms with Crippen LogP contribution in [0.1, 0.15) is 46.4 Å². The highest BCUT2D eigenvalue weighted by molar-refractivity contribution is 6.44. The smallest absolute Gasteiger partial charge is 0.294 e. The van der Waals surface area contributed by atoms with Gasteiger partial charge in [0.1, 0.15) is 6.23 Å². The summed E-state index contributed by atoms with van der Waals surface area (Å²) in [6.07, 6.45) is 0.770. The van der Waals surface area contributed by atoms with Gasteiger partial charge in [-0.05, 0) is 37.6 Å². The molecule has 8 nitrogen and oxygen atoms in total. The van der Waals surface area contributed by atoms with Crippen LogP contribution in [0.4, 0.5) is 0 Å². The minimum absolute atomic E-state index is 0.0544. The molecule has 0 saturated carbocycles. The molecule has 2 N–H and O–H groups in total. The van der Waals surface area contributed by atoms with Crippen molar-refractivity contribution in [2.24, 2.45) is 0 Å². The number of aliphatic hydroxyl groups is 1. The van der Waals surface area contributed by atoms with E-state index >= 15 is 0 Å². The standard InChI is InChI=1S/C26H30N4O4/c1-16-15-30(17(2)14-29(16)24(32)18-8-6-5-7-9-18)25(33)19-10-11-22-20(12-19)21(13-27-22)23(31)26(34)28(3)4/h5-13,16-17,24,27,32H,14-15H2,1-4H3. The van der Waals surface area contributed by atoms with E-state index in [0.717, 1.165) is 5.56 Å². The van der Waals surface area contributed by atoms with Gasteiger partial charge in [0.2, 0.25) is 0 Å². The Morgan fingerprint density at radius 2 is 1.74 bits per heavy atom. The number of Topliss-reactive ketones (excluding diaryl/α,β-unsaturated/α-hetero) is 1. The van der Waals surface area contributed by atoms with Crippen molar-refractivity contribution in [3.05, 3.63) is 71.4 Å². The molecule has 0 aliphatic carbocycles. The van der Waals surface area contributed by atoms with Crippen LogP contribution in [-0.2, 0) is 4.79 Å². The molecule has 178 valence electrons. The van der Waals surface area contributed by atoms with Crippen LogP contribution in [0.2, 0.25) is 0 Å². The van der Waals surface area contributed by atoms with Crippen LogP contribution < -0.4 is 0 Å². The predicted octanol–water partition coefficient (Wildman–Crippen LogP) is 2.66. The first-order valence-electron chi connectivity index (χ1n) is 11.4. The molecule has 2 amide bonds. The lowest BCUT2D eigenvalue weighted by molar-refractivity contribution is -0.124. The Bertz CT molecular complexity index is 1220. The van der Waals surface area contributed by atoms with Crippen LogP contribution in [0.5, 0.6) is 0 Å². The van der Waals surface area contributed by atoms with Crippen molar-refractivity contribution in [3.8, 4) is 0 Å². The van der Waals surface area contributed by atoms with Gasteiger partial charge in [0.25, 0.3) is 17.6 Å². The highest BCUT2D eigenvalue weighted by Crippen LogP contribution is 2.28. The van der Waals surface area contributed by atoms with Gasteiger partial charge in [-0.2, -0.15) is 0 Å². The van der Waals surface area contributed by atoms with Crippen LogP contribution in [0, 0.1) is 0 Å². The van der Waals surface area contributed by atoms with Crippen LogP contribution >= 0.6 is 0 Å². The first-order chi connectivity index (χ1) is 16.2. The van der Waals surface area contributed by atoms with Gasteiger partial charge in [-0.25, -0.2) is 0 Å². The number of rotatable bonds is 5. The molecule has 0 radical (unpaired) electrons. The Morgan fingerprint density at radius 3 is 2.41 bits per heavy atom. The monoisotopic (exact) mass is 462 g/mol. The first-order valence-corrected chi connectivity index (χ1v) is 11.4. The maximum absolute atomic E-state index is 13.5. The van der Waals surface area contributed by atoms with Gasteiger partial charge in [-0.15, -0.1) is 0 Å². The molecule has 0 bridgehead atoms. The summed E-state index contributed by atoms with van der Waals surface area (Å²) >= 11 is 0. The fourth-order valence-corrected chi connectivity index (χ4v) is 4.52. The maximum Gasteiger partial charge on any atom is 0.294 e. The number of fused-ring (bicyclic) bond motifs is 1. The zero-order chi connectivity index (χ0) is 24.6. The van der Waals surface area contributed by atoms with E-state index in [1.807, 2.05) is 49.1 Å². The summed E-state index contributed by atoms with van der Waals surface area (Å²) in [5.41, 5.74) is 2.21. The van der Waals surface area contributed by atoms with Crippen molar-refractivity contribution >= 4 is 28.5 Å². The zero-order valence-corrected chi connectivity index (χ0v) is 19.9. The van der Waals surface area contributed by atoms with Crippen LogP contribution in [-0.4, -0.2) is 81.7 Å². The zero-order valence-electron chi connectivity index (χ0n) is 19.9. The van der Waals surface area contributed by atoms with Crippen LogP contribution in [0.3, 0.4) is 0 Å². The minimum atomic E-state index is -0.741. The molecule has 8 heteroatoms. The number of nitrogens with zero attached hydrogens (tertiary/aromatic N) is 3. The van der Waals surface area contributed by atoms with Gasteiger partial charge in [0, 0.05) is 61.9 Å². The largest absolute Gasteiger partial charge is 0.374 e. The van der Waals surface area contributed by atoms with Crippen molar-refractivity contribution < 1.29 is 19.5 Å². The van der Waals surface area contributed by atoms with Gasteiger partial charge in [-0.3, -0.25) is 19.3 Å². The lowest BCUT2D eigenvalue weighted by Gasteiger charge is -2.46. The molecule has 1 aliphatic heterocycles. The fourth-order valence-electron chi connectivity index (χ4n) is 4.52. The average Bonchev–Trinajstić information content (AvgIpc) is 3.27. The summed E-state index contributed by atoms with van der Waals surface area (Å²) < 4.78 is 0. The van der Waals surface area contributed by atoms with E-state index in [9.17, 15) is 19.5 Å². The molecule has 2 aromatic carbocycles. The van der Waals surface area contributed by atoms with Crippen LogP contribution in [0.15, 0.2) is 54.7 Å². The summed E-state index contributed by atoms with van der Waals surface area (Å²) in [4.78, 5) is 46.3. The number of amides is 2. The molecule has 2 heterocycles. The minimum Gasteiger partial charge on any atom is -0.374 e. The van der Waals surface area contributed by atoms with Crippen molar-refractivity contribution in [1.29, 1.82) is 0 Å². The highest BCUT2D eigenvalue weighted by Gasteiger charge is 2.36. The Kier molecular flexibility index (Phi) is 6.54. The lowest BCUT2D eigenvalue weighted by atomic mass is 10.0. The number of H-pyrrole nitrogens is 1. The van der Waals surface area contributed by atoms with Crippen molar-refractivity contribution in [2.75, 3.05) is 27.2 Å².